The molecular formula is C20H21ClN4O2S. The van der Waals surface area contributed by atoms with Gasteiger partial charge >= 0.3 is 0 Å². The van der Waals surface area contributed by atoms with E-state index in [1.807, 2.05) is 60.1 Å². The summed E-state index contributed by atoms with van der Waals surface area (Å²) in [5.74, 6) is 1.70. The first-order valence-electron chi connectivity index (χ1n) is 8.64. The lowest BCUT2D eigenvalue weighted by Crippen LogP contribution is -2.28. The second kappa shape index (κ2) is 9.12. The first kappa shape index (κ1) is 20.2. The van der Waals surface area contributed by atoms with E-state index < -0.39 is 0 Å². The summed E-state index contributed by atoms with van der Waals surface area (Å²) in [7, 11) is 5.27. The van der Waals surface area contributed by atoms with Crippen LogP contribution in [0.1, 0.15) is 5.56 Å². The predicted octanol–water partition coefficient (Wildman–Crippen LogP) is 3.89. The number of rotatable bonds is 7. The molecule has 0 unspecified atom stereocenters. The van der Waals surface area contributed by atoms with E-state index in [-0.39, 0.29) is 11.7 Å². The van der Waals surface area contributed by atoms with Crippen molar-refractivity contribution in [2.45, 2.75) is 11.7 Å². The fraction of sp³-hybridized carbons (Fsp3) is 0.250. The first-order chi connectivity index (χ1) is 13.5. The van der Waals surface area contributed by atoms with Gasteiger partial charge in [-0.15, -0.1) is 10.2 Å². The average molecular weight is 417 g/mol. The molecule has 146 valence electrons. The van der Waals surface area contributed by atoms with Gasteiger partial charge in [0.1, 0.15) is 5.75 Å². The Labute approximate surface area is 173 Å². The number of hydrogen-bond acceptors (Lipinski definition) is 5. The standard InChI is InChI=1S/C20H21ClN4O2S/c1-24(12-14-8-4-7-11-17(14)27-3)18(26)13-28-20-23-22-19(25(20)2)15-9-5-6-10-16(15)21/h4-11H,12-13H2,1-3H3. The molecule has 1 aromatic heterocycles. The zero-order chi connectivity index (χ0) is 20.1. The number of hydrogen-bond donors (Lipinski definition) is 0. The molecular weight excluding hydrogens is 396 g/mol. The lowest BCUT2D eigenvalue weighted by Gasteiger charge is -2.18. The summed E-state index contributed by atoms with van der Waals surface area (Å²) in [4.78, 5) is 14.2. The highest BCUT2D eigenvalue weighted by atomic mass is 35.5. The van der Waals surface area contributed by atoms with Crippen LogP contribution in [0.4, 0.5) is 0 Å². The highest BCUT2D eigenvalue weighted by Gasteiger charge is 2.17. The smallest absolute Gasteiger partial charge is 0.233 e. The van der Waals surface area contributed by atoms with Crippen molar-refractivity contribution in [3.63, 3.8) is 0 Å². The zero-order valence-electron chi connectivity index (χ0n) is 15.9. The molecule has 0 bridgehead atoms. The van der Waals surface area contributed by atoms with Crippen molar-refractivity contribution in [3.05, 3.63) is 59.1 Å². The van der Waals surface area contributed by atoms with Gasteiger partial charge in [0.05, 0.1) is 17.9 Å². The predicted molar refractivity (Wildman–Crippen MR) is 112 cm³/mol. The van der Waals surface area contributed by atoms with Gasteiger partial charge in [-0.2, -0.15) is 0 Å². The van der Waals surface area contributed by atoms with Crippen LogP contribution in [0.3, 0.4) is 0 Å². The van der Waals surface area contributed by atoms with E-state index in [2.05, 4.69) is 10.2 Å². The molecule has 28 heavy (non-hydrogen) atoms. The van der Waals surface area contributed by atoms with Gasteiger partial charge in [0.15, 0.2) is 11.0 Å². The third kappa shape index (κ3) is 4.48. The second-order valence-corrected chi connectivity index (χ2v) is 7.55. The van der Waals surface area contributed by atoms with Gasteiger partial charge in [0.25, 0.3) is 0 Å². The molecule has 3 rings (SSSR count). The molecule has 3 aromatic rings. The van der Waals surface area contributed by atoms with Crippen molar-refractivity contribution < 1.29 is 9.53 Å². The van der Waals surface area contributed by atoms with Crippen molar-refractivity contribution in [1.29, 1.82) is 0 Å². The third-order valence-electron chi connectivity index (χ3n) is 4.30. The zero-order valence-corrected chi connectivity index (χ0v) is 17.5. The highest BCUT2D eigenvalue weighted by Crippen LogP contribution is 2.28. The Morgan fingerprint density at radius 1 is 1.18 bits per heavy atom. The summed E-state index contributed by atoms with van der Waals surface area (Å²) in [6.45, 7) is 0.479. The summed E-state index contributed by atoms with van der Waals surface area (Å²) in [5.41, 5.74) is 1.77. The van der Waals surface area contributed by atoms with Crippen molar-refractivity contribution in [2.24, 2.45) is 7.05 Å². The van der Waals surface area contributed by atoms with Crippen LogP contribution >= 0.6 is 23.4 Å². The topological polar surface area (TPSA) is 60.2 Å². The van der Waals surface area contributed by atoms with Gasteiger partial charge in [0.2, 0.25) is 5.91 Å². The lowest BCUT2D eigenvalue weighted by atomic mass is 10.2. The van der Waals surface area contributed by atoms with E-state index in [9.17, 15) is 4.79 Å². The summed E-state index contributed by atoms with van der Waals surface area (Å²) in [6.07, 6.45) is 0. The maximum absolute atomic E-state index is 12.5. The summed E-state index contributed by atoms with van der Waals surface area (Å²) in [5, 5.41) is 9.70. The molecule has 0 radical (unpaired) electrons. The van der Waals surface area contributed by atoms with Crippen LogP contribution in [0.15, 0.2) is 53.7 Å². The Bertz CT molecular complexity index is 976. The second-order valence-electron chi connectivity index (χ2n) is 6.20. The Morgan fingerprint density at radius 3 is 2.64 bits per heavy atom. The van der Waals surface area contributed by atoms with Crippen molar-refractivity contribution >= 4 is 29.3 Å². The number of carbonyl (C=O) groups excluding carboxylic acids is 1. The minimum atomic E-state index is -0.00167. The minimum Gasteiger partial charge on any atom is -0.496 e. The quantitative estimate of drug-likeness (QED) is 0.547. The van der Waals surface area contributed by atoms with Gasteiger partial charge in [-0.3, -0.25) is 4.79 Å². The van der Waals surface area contributed by atoms with Gasteiger partial charge in [-0.1, -0.05) is 53.7 Å². The SMILES string of the molecule is COc1ccccc1CN(C)C(=O)CSc1nnc(-c2ccccc2Cl)n1C. The molecule has 1 heterocycles. The Morgan fingerprint density at radius 2 is 1.89 bits per heavy atom. The van der Waals surface area contributed by atoms with E-state index in [0.29, 0.717) is 22.5 Å². The van der Waals surface area contributed by atoms with Gasteiger partial charge in [0, 0.05) is 31.8 Å². The highest BCUT2D eigenvalue weighted by molar-refractivity contribution is 7.99. The number of amides is 1. The molecule has 0 aliphatic rings. The lowest BCUT2D eigenvalue weighted by molar-refractivity contribution is -0.127. The molecule has 2 aromatic carbocycles. The number of ether oxygens (including phenoxy) is 1. The maximum Gasteiger partial charge on any atom is 0.233 e. The molecule has 0 spiro atoms. The number of benzene rings is 2. The van der Waals surface area contributed by atoms with Crippen molar-refractivity contribution in [2.75, 3.05) is 19.9 Å². The van der Waals surface area contributed by atoms with E-state index in [1.165, 1.54) is 11.8 Å². The molecule has 6 nitrogen and oxygen atoms in total. The third-order valence-corrected chi connectivity index (χ3v) is 5.63. The fourth-order valence-corrected chi connectivity index (χ4v) is 3.80. The van der Waals surface area contributed by atoms with Crippen LogP contribution in [0, 0.1) is 0 Å². The normalized spacial score (nSPS) is 10.7. The van der Waals surface area contributed by atoms with E-state index in [4.69, 9.17) is 16.3 Å². The molecule has 0 saturated carbocycles. The number of para-hydroxylation sites is 1. The minimum absolute atomic E-state index is 0.00167. The van der Waals surface area contributed by atoms with Crippen molar-refractivity contribution in [3.8, 4) is 17.1 Å². The summed E-state index contributed by atoms with van der Waals surface area (Å²) in [6, 6.07) is 15.2. The number of nitrogens with zero attached hydrogens (tertiary/aromatic N) is 4. The summed E-state index contributed by atoms with van der Waals surface area (Å²) < 4.78 is 7.20. The molecule has 1 amide bonds. The maximum atomic E-state index is 12.5. The first-order valence-corrected chi connectivity index (χ1v) is 10.0. The van der Waals surface area contributed by atoms with E-state index in [0.717, 1.165) is 16.9 Å². The Hall–Kier alpha value is -2.51. The number of carbonyl (C=O) groups is 1. The number of methoxy groups -OCH3 is 1. The average Bonchev–Trinajstić information content (AvgIpc) is 3.07. The van der Waals surface area contributed by atoms with Crippen LogP contribution in [-0.2, 0) is 18.4 Å². The monoisotopic (exact) mass is 416 g/mol. The fourth-order valence-electron chi connectivity index (χ4n) is 2.73. The van der Waals surface area contributed by atoms with Gasteiger partial charge in [-0.25, -0.2) is 0 Å². The van der Waals surface area contributed by atoms with Crippen LogP contribution < -0.4 is 4.74 Å². The molecule has 0 saturated heterocycles. The number of halogens is 1. The van der Waals surface area contributed by atoms with Crippen LogP contribution in [0.25, 0.3) is 11.4 Å². The van der Waals surface area contributed by atoms with Crippen LogP contribution in [0.5, 0.6) is 5.75 Å². The molecule has 0 N–H and O–H groups in total. The summed E-state index contributed by atoms with van der Waals surface area (Å²) >= 11 is 7.60. The number of aromatic nitrogens is 3. The van der Waals surface area contributed by atoms with E-state index in [1.54, 1.807) is 19.1 Å². The van der Waals surface area contributed by atoms with Crippen LogP contribution in [-0.4, -0.2) is 45.5 Å². The Balaban J connectivity index is 1.64. The van der Waals surface area contributed by atoms with E-state index >= 15 is 0 Å². The molecule has 0 atom stereocenters. The van der Waals surface area contributed by atoms with Gasteiger partial charge < -0.3 is 14.2 Å². The number of thioether (sulfide) groups is 1. The molecule has 0 fully saturated rings. The largest absolute Gasteiger partial charge is 0.496 e. The molecule has 8 heteroatoms. The van der Waals surface area contributed by atoms with Crippen molar-refractivity contribution in [1.82, 2.24) is 19.7 Å². The van der Waals surface area contributed by atoms with Crippen LogP contribution in [0.2, 0.25) is 5.02 Å². The Kier molecular flexibility index (Phi) is 6.59. The molecule has 0 aliphatic carbocycles. The van der Waals surface area contributed by atoms with Gasteiger partial charge in [-0.05, 0) is 18.2 Å². The molecule has 0 aliphatic heterocycles.